The van der Waals surface area contributed by atoms with Crippen molar-refractivity contribution in [2.45, 2.75) is 12.5 Å². The van der Waals surface area contributed by atoms with Crippen molar-refractivity contribution < 1.29 is 9.15 Å². The minimum atomic E-state index is -0.116. The van der Waals surface area contributed by atoms with Gasteiger partial charge in [0, 0.05) is 6.42 Å². The molecule has 2 nitrogen and oxygen atoms in total. The van der Waals surface area contributed by atoms with Crippen LogP contribution in [0.2, 0.25) is 0 Å². The SMILES string of the molecule is c1ccc(CC(Oc2ccccc2)c2ccco2)cc1. The van der Waals surface area contributed by atoms with Gasteiger partial charge < -0.3 is 9.15 Å². The zero-order valence-electron chi connectivity index (χ0n) is 11.1. The van der Waals surface area contributed by atoms with E-state index in [-0.39, 0.29) is 6.10 Å². The molecular weight excluding hydrogens is 248 g/mol. The summed E-state index contributed by atoms with van der Waals surface area (Å²) in [7, 11) is 0. The highest BCUT2D eigenvalue weighted by Crippen LogP contribution is 2.25. The highest BCUT2D eigenvalue weighted by atomic mass is 16.5. The molecular formula is C18H16O2. The van der Waals surface area contributed by atoms with Crippen molar-refractivity contribution in [1.82, 2.24) is 0 Å². The fourth-order valence-corrected chi connectivity index (χ4v) is 2.17. The summed E-state index contributed by atoms with van der Waals surface area (Å²) < 4.78 is 11.6. The van der Waals surface area contributed by atoms with Gasteiger partial charge in [0.25, 0.3) is 0 Å². The predicted molar refractivity (Wildman–Crippen MR) is 78.7 cm³/mol. The molecule has 20 heavy (non-hydrogen) atoms. The minimum absolute atomic E-state index is 0.116. The van der Waals surface area contributed by atoms with Gasteiger partial charge in [0.2, 0.25) is 0 Å². The molecule has 0 radical (unpaired) electrons. The van der Waals surface area contributed by atoms with Crippen molar-refractivity contribution in [2.24, 2.45) is 0 Å². The first-order chi connectivity index (χ1) is 9.92. The molecule has 0 amide bonds. The van der Waals surface area contributed by atoms with Crippen LogP contribution in [0, 0.1) is 0 Å². The molecule has 2 aromatic carbocycles. The Balaban J connectivity index is 1.81. The standard InChI is InChI=1S/C18H16O2/c1-3-8-15(9-4-1)14-18(17-12-7-13-19-17)20-16-10-5-2-6-11-16/h1-13,18H,14H2. The van der Waals surface area contributed by atoms with Gasteiger partial charge in [-0.15, -0.1) is 0 Å². The first-order valence-corrected chi connectivity index (χ1v) is 6.71. The van der Waals surface area contributed by atoms with Gasteiger partial charge in [-0.25, -0.2) is 0 Å². The fourth-order valence-electron chi connectivity index (χ4n) is 2.17. The topological polar surface area (TPSA) is 22.4 Å². The number of benzene rings is 2. The van der Waals surface area contributed by atoms with Crippen molar-refractivity contribution in [3.63, 3.8) is 0 Å². The van der Waals surface area contributed by atoms with E-state index in [9.17, 15) is 0 Å². The van der Waals surface area contributed by atoms with Crippen molar-refractivity contribution in [2.75, 3.05) is 0 Å². The first kappa shape index (κ1) is 12.5. The van der Waals surface area contributed by atoms with E-state index >= 15 is 0 Å². The summed E-state index contributed by atoms with van der Waals surface area (Å²) in [6.45, 7) is 0. The van der Waals surface area contributed by atoms with Crippen LogP contribution in [0.5, 0.6) is 5.75 Å². The van der Waals surface area contributed by atoms with Crippen LogP contribution >= 0.6 is 0 Å². The number of para-hydroxylation sites is 1. The lowest BCUT2D eigenvalue weighted by atomic mass is 10.1. The van der Waals surface area contributed by atoms with Gasteiger partial charge in [0.15, 0.2) is 6.10 Å². The lowest BCUT2D eigenvalue weighted by Gasteiger charge is -2.17. The zero-order valence-corrected chi connectivity index (χ0v) is 11.1. The van der Waals surface area contributed by atoms with E-state index in [1.807, 2.05) is 60.7 Å². The maximum Gasteiger partial charge on any atom is 0.160 e. The van der Waals surface area contributed by atoms with E-state index in [2.05, 4.69) is 12.1 Å². The molecule has 0 spiro atoms. The Hall–Kier alpha value is -2.48. The molecule has 1 heterocycles. The van der Waals surface area contributed by atoms with Crippen molar-refractivity contribution in [3.05, 3.63) is 90.4 Å². The van der Waals surface area contributed by atoms with Crippen molar-refractivity contribution in [1.29, 1.82) is 0 Å². The third-order valence-corrected chi connectivity index (χ3v) is 3.15. The second-order valence-corrected chi connectivity index (χ2v) is 4.62. The molecule has 0 aliphatic rings. The molecule has 0 fully saturated rings. The predicted octanol–water partition coefficient (Wildman–Crippen LogP) is 4.64. The minimum Gasteiger partial charge on any atom is -0.482 e. The number of ether oxygens (including phenoxy) is 1. The number of hydrogen-bond acceptors (Lipinski definition) is 2. The molecule has 100 valence electrons. The second-order valence-electron chi connectivity index (χ2n) is 4.62. The largest absolute Gasteiger partial charge is 0.482 e. The number of hydrogen-bond donors (Lipinski definition) is 0. The maximum atomic E-state index is 6.07. The van der Waals surface area contributed by atoms with Crippen LogP contribution < -0.4 is 4.74 Å². The Morgan fingerprint density at radius 1 is 0.800 bits per heavy atom. The second kappa shape index (κ2) is 6.11. The van der Waals surface area contributed by atoms with E-state index in [1.165, 1.54) is 5.56 Å². The summed E-state index contributed by atoms with van der Waals surface area (Å²) in [5, 5.41) is 0. The van der Waals surface area contributed by atoms with Gasteiger partial charge in [0.05, 0.1) is 6.26 Å². The van der Waals surface area contributed by atoms with Gasteiger partial charge in [-0.05, 0) is 29.8 Å². The Morgan fingerprint density at radius 3 is 2.15 bits per heavy atom. The van der Waals surface area contributed by atoms with Gasteiger partial charge in [0.1, 0.15) is 11.5 Å². The zero-order chi connectivity index (χ0) is 13.6. The molecule has 1 aromatic heterocycles. The van der Waals surface area contributed by atoms with Gasteiger partial charge in [-0.2, -0.15) is 0 Å². The Kier molecular flexibility index (Phi) is 3.83. The molecule has 0 aliphatic heterocycles. The smallest absolute Gasteiger partial charge is 0.160 e. The lowest BCUT2D eigenvalue weighted by Crippen LogP contribution is -2.10. The van der Waals surface area contributed by atoms with E-state index in [0.717, 1.165) is 17.9 Å². The summed E-state index contributed by atoms with van der Waals surface area (Å²) in [6, 6.07) is 24.0. The van der Waals surface area contributed by atoms with Crippen LogP contribution in [0.25, 0.3) is 0 Å². The lowest BCUT2D eigenvalue weighted by molar-refractivity contribution is 0.176. The van der Waals surface area contributed by atoms with Crippen molar-refractivity contribution in [3.8, 4) is 5.75 Å². The van der Waals surface area contributed by atoms with E-state index < -0.39 is 0 Å². The van der Waals surface area contributed by atoms with Gasteiger partial charge >= 0.3 is 0 Å². The van der Waals surface area contributed by atoms with Crippen LogP contribution in [-0.2, 0) is 6.42 Å². The molecule has 3 rings (SSSR count). The van der Waals surface area contributed by atoms with Gasteiger partial charge in [-0.3, -0.25) is 0 Å². The van der Waals surface area contributed by atoms with Crippen molar-refractivity contribution >= 4 is 0 Å². The summed E-state index contributed by atoms with van der Waals surface area (Å²) >= 11 is 0. The summed E-state index contributed by atoms with van der Waals surface area (Å²) in [5.74, 6) is 1.70. The van der Waals surface area contributed by atoms with Gasteiger partial charge in [-0.1, -0.05) is 48.5 Å². The summed E-state index contributed by atoms with van der Waals surface area (Å²) in [4.78, 5) is 0. The summed E-state index contributed by atoms with van der Waals surface area (Å²) in [5.41, 5.74) is 1.23. The average Bonchev–Trinajstić information content (AvgIpc) is 3.03. The quantitative estimate of drug-likeness (QED) is 0.669. The van der Waals surface area contributed by atoms with E-state index in [1.54, 1.807) is 6.26 Å². The van der Waals surface area contributed by atoms with Crippen LogP contribution in [0.15, 0.2) is 83.5 Å². The summed E-state index contributed by atoms with van der Waals surface area (Å²) in [6.07, 6.45) is 2.35. The molecule has 1 atom stereocenters. The first-order valence-electron chi connectivity index (χ1n) is 6.71. The number of furan rings is 1. The molecule has 1 unspecified atom stereocenters. The van der Waals surface area contributed by atoms with E-state index in [0.29, 0.717) is 0 Å². The molecule has 2 heteroatoms. The molecule has 3 aromatic rings. The van der Waals surface area contributed by atoms with Crippen LogP contribution in [-0.4, -0.2) is 0 Å². The Morgan fingerprint density at radius 2 is 1.50 bits per heavy atom. The third kappa shape index (κ3) is 3.09. The average molecular weight is 264 g/mol. The third-order valence-electron chi connectivity index (χ3n) is 3.15. The molecule has 0 saturated heterocycles. The van der Waals surface area contributed by atoms with E-state index in [4.69, 9.17) is 9.15 Å². The molecule has 0 aliphatic carbocycles. The maximum absolute atomic E-state index is 6.07. The normalized spacial score (nSPS) is 12.0. The number of rotatable bonds is 5. The Bertz CT molecular complexity index is 574. The van der Waals surface area contributed by atoms with Crippen LogP contribution in [0.4, 0.5) is 0 Å². The highest BCUT2D eigenvalue weighted by Gasteiger charge is 2.17. The Labute approximate surface area is 118 Å². The molecule has 0 bridgehead atoms. The fraction of sp³-hybridized carbons (Fsp3) is 0.111. The monoisotopic (exact) mass is 264 g/mol. The van der Waals surface area contributed by atoms with Crippen LogP contribution in [0.3, 0.4) is 0 Å². The molecule has 0 saturated carbocycles. The highest BCUT2D eigenvalue weighted by molar-refractivity contribution is 5.24. The van der Waals surface area contributed by atoms with Crippen LogP contribution in [0.1, 0.15) is 17.4 Å². The molecule has 0 N–H and O–H groups in total.